The molecule has 3 heterocycles. The van der Waals surface area contributed by atoms with Gasteiger partial charge in [0, 0.05) is 29.4 Å². The largest absolute Gasteiger partial charge is 0.444 e. The van der Waals surface area contributed by atoms with Crippen LogP contribution < -0.4 is 0 Å². The Morgan fingerprint density at radius 3 is 2.80 bits per heavy atom. The summed E-state index contributed by atoms with van der Waals surface area (Å²) in [5.74, 6) is 0. The van der Waals surface area contributed by atoms with Crippen LogP contribution in [0.5, 0.6) is 0 Å². The van der Waals surface area contributed by atoms with E-state index < -0.39 is 11.2 Å². The van der Waals surface area contributed by atoms with Crippen LogP contribution in [0, 0.1) is 0 Å². The highest BCUT2D eigenvalue weighted by Crippen LogP contribution is 2.49. The number of thiophene rings is 1. The van der Waals surface area contributed by atoms with Gasteiger partial charge in [0.1, 0.15) is 15.5 Å². The highest BCUT2D eigenvalue weighted by atomic mass is 35.5. The summed E-state index contributed by atoms with van der Waals surface area (Å²) in [6.07, 6.45) is 2.62. The Kier molecular flexibility index (Phi) is 4.90. The van der Waals surface area contributed by atoms with Gasteiger partial charge in [-0.3, -0.25) is 4.79 Å². The number of hydrogen-bond acceptors (Lipinski definition) is 5. The van der Waals surface area contributed by atoms with Crippen LogP contribution in [-0.2, 0) is 21.5 Å². The first-order chi connectivity index (χ1) is 11.7. The molecule has 1 spiro atoms. The van der Waals surface area contributed by atoms with Gasteiger partial charge >= 0.3 is 6.09 Å². The van der Waals surface area contributed by atoms with Crippen LogP contribution in [0.4, 0.5) is 4.79 Å². The quantitative estimate of drug-likeness (QED) is 0.672. The van der Waals surface area contributed by atoms with E-state index in [0.29, 0.717) is 42.3 Å². The number of fused-ring (bicyclic) bond motifs is 2. The smallest absolute Gasteiger partial charge is 0.410 e. The SMILES string of the molecule is C[C@H]1C[C@@]2(CCN1C(=O)OC(C)(C)C)OCCc1c2sc(Cl)c1C=O. The highest BCUT2D eigenvalue weighted by molar-refractivity contribution is 7.17. The summed E-state index contributed by atoms with van der Waals surface area (Å²) in [6, 6.07) is -0.0184. The Hall–Kier alpha value is -1.11. The van der Waals surface area contributed by atoms with Crippen LogP contribution in [0.2, 0.25) is 4.34 Å². The molecular formula is C18H24ClNO4S. The molecule has 7 heteroatoms. The van der Waals surface area contributed by atoms with E-state index in [1.54, 1.807) is 4.90 Å². The van der Waals surface area contributed by atoms with Gasteiger partial charge in [-0.05, 0) is 46.1 Å². The molecule has 1 fully saturated rings. The van der Waals surface area contributed by atoms with Crippen molar-refractivity contribution in [1.29, 1.82) is 0 Å². The van der Waals surface area contributed by atoms with Crippen molar-refractivity contribution in [3.05, 3.63) is 20.3 Å². The third kappa shape index (κ3) is 3.44. The summed E-state index contributed by atoms with van der Waals surface area (Å²) in [4.78, 5) is 26.7. The van der Waals surface area contributed by atoms with E-state index in [2.05, 4.69) is 0 Å². The first-order valence-corrected chi connectivity index (χ1v) is 9.77. The highest BCUT2D eigenvalue weighted by Gasteiger charge is 2.47. The predicted octanol–water partition coefficient (Wildman–Crippen LogP) is 4.40. The number of likely N-dealkylation sites (tertiary alicyclic amines) is 1. The summed E-state index contributed by atoms with van der Waals surface area (Å²) in [5.41, 5.74) is 0.655. The van der Waals surface area contributed by atoms with Crippen molar-refractivity contribution in [3.8, 4) is 0 Å². The molecule has 138 valence electrons. The van der Waals surface area contributed by atoms with Crippen molar-refractivity contribution in [3.63, 3.8) is 0 Å². The van der Waals surface area contributed by atoms with Crippen molar-refractivity contribution in [2.45, 2.75) is 64.2 Å². The summed E-state index contributed by atoms with van der Waals surface area (Å²) < 4.78 is 12.3. The van der Waals surface area contributed by atoms with Crippen LogP contribution in [0.25, 0.3) is 0 Å². The average Bonchev–Trinajstić information content (AvgIpc) is 2.82. The van der Waals surface area contributed by atoms with E-state index in [-0.39, 0.29) is 12.1 Å². The maximum atomic E-state index is 12.4. The lowest BCUT2D eigenvalue weighted by Crippen LogP contribution is -2.53. The summed E-state index contributed by atoms with van der Waals surface area (Å²) in [7, 11) is 0. The minimum Gasteiger partial charge on any atom is -0.444 e. The van der Waals surface area contributed by atoms with E-state index in [9.17, 15) is 9.59 Å². The molecule has 2 aliphatic heterocycles. The van der Waals surface area contributed by atoms with Gasteiger partial charge < -0.3 is 14.4 Å². The predicted molar refractivity (Wildman–Crippen MR) is 97.7 cm³/mol. The Morgan fingerprint density at radius 2 is 2.20 bits per heavy atom. The van der Waals surface area contributed by atoms with Gasteiger partial charge in [0.05, 0.1) is 6.61 Å². The van der Waals surface area contributed by atoms with Gasteiger partial charge in [-0.2, -0.15) is 0 Å². The number of piperidine rings is 1. The fraction of sp³-hybridized carbons (Fsp3) is 0.667. The molecule has 2 atom stereocenters. The van der Waals surface area contributed by atoms with Gasteiger partial charge in [-0.1, -0.05) is 11.6 Å². The normalized spacial score (nSPS) is 26.4. The molecule has 25 heavy (non-hydrogen) atoms. The Labute approximate surface area is 157 Å². The molecule has 1 amide bonds. The number of aldehydes is 1. The standard InChI is InChI=1S/C18H24ClNO4S/c1-11-9-18(6-7-20(11)16(22)24-17(2,3)4)14-12(5-8-23-18)13(10-21)15(19)25-14/h10-11H,5-9H2,1-4H3/t11-,18+/m0/s1. The number of carbonyl (C=O) groups is 2. The van der Waals surface area contributed by atoms with E-state index in [1.807, 2.05) is 27.7 Å². The van der Waals surface area contributed by atoms with Crippen LogP contribution >= 0.6 is 22.9 Å². The average molecular weight is 386 g/mol. The maximum absolute atomic E-state index is 12.4. The minimum absolute atomic E-state index is 0.0184. The molecule has 1 aromatic rings. The summed E-state index contributed by atoms with van der Waals surface area (Å²) >= 11 is 7.72. The Morgan fingerprint density at radius 1 is 1.48 bits per heavy atom. The molecule has 0 saturated carbocycles. The zero-order chi connectivity index (χ0) is 18.4. The molecule has 0 aromatic carbocycles. The van der Waals surface area contributed by atoms with Crippen LogP contribution in [0.3, 0.4) is 0 Å². The number of halogens is 1. The molecular weight excluding hydrogens is 362 g/mol. The van der Waals surface area contributed by atoms with E-state index in [4.69, 9.17) is 21.1 Å². The molecule has 0 unspecified atom stereocenters. The number of amides is 1. The summed E-state index contributed by atoms with van der Waals surface area (Å²) in [6.45, 7) is 8.74. The number of nitrogens with zero attached hydrogens (tertiary/aromatic N) is 1. The zero-order valence-electron chi connectivity index (χ0n) is 15.1. The van der Waals surface area contributed by atoms with Gasteiger partial charge in [0.25, 0.3) is 0 Å². The fourth-order valence-corrected chi connectivity index (χ4v) is 5.35. The fourth-order valence-electron chi connectivity index (χ4n) is 3.73. The van der Waals surface area contributed by atoms with Crippen molar-refractivity contribution < 1.29 is 19.1 Å². The lowest BCUT2D eigenvalue weighted by molar-refractivity contribution is -0.108. The van der Waals surface area contributed by atoms with Gasteiger partial charge in [-0.15, -0.1) is 11.3 Å². The van der Waals surface area contributed by atoms with Crippen molar-refractivity contribution in [1.82, 2.24) is 4.90 Å². The van der Waals surface area contributed by atoms with E-state index >= 15 is 0 Å². The van der Waals surface area contributed by atoms with Crippen molar-refractivity contribution in [2.24, 2.45) is 0 Å². The van der Waals surface area contributed by atoms with Gasteiger partial charge in [0.2, 0.25) is 0 Å². The molecule has 0 radical (unpaired) electrons. The zero-order valence-corrected chi connectivity index (χ0v) is 16.6. The second kappa shape index (κ2) is 6.56. The topological polar surface area (TPSA) is 55.8 Å². The third-order valence-corrected chi connectivity index (χ3v) is 6.46. The maximum Gasteiger partial charge on any atom is 0.410 e. The molecule has 1 aromatic heterocycles. The van der Waals surface area contributed by atoms with Crippen molar-refractivity contribution >= 4 is 35.3 Å². The molecule has 1 saturated heterocycles. The number of carbonyl (C=O) groups excluding carboxylic acids is 2. The molecule has 0 aliphatic carbocycles. The Bertz CT molecular complexity index is 696. The minimum atomic E-state index is -0.513. The summed E-state index contributed by atoms with van der Waals surface area (Å²) in [5, 5.41) is 0. The van der Waals surface area contributed by atoms with Gasteiger partial charge in [0.15, 0.2) is 6.29 Å². The van der Waals surface area contributed by atoms with Gasteiger partial charge in [-0.25, -0.2) is 4.79 Å². The van der Waals surface area contributed by atoms with E-state index in [0.717, 1.165) is 16.7 Å². The van der Waals surface area contributed by atoms with Crippen molar-refractivity contribution in [2.75, 3.05) is 13.2 Å². The molecule has 5 nitrogen and oxygen atoms in total. The first kappa shape index (κ1) is 18.7. The number of rotatable bonds is 1. The second-order valence-corrected chi connectivity index (χ2v) is 9.41. The van der Waals surface area contributed by atoms with Crippen LogP contribution in [-0.4, -0.2) is 42.1 Å². The second-order valence-electron chi connectivity index (χ2n) is 7.78. The van der Waals surface area contributed by atoms with Crippen LogP contribution in [0.15, 0.2) is 0 Å². The Balaban J connectivity index is 1.84. The van der Waals surface area contributed by atoms with E-state index in [1.165, 1.54) is 11.3 Å². The lowest BCUT2D eigenvalue weighted by Gasteiger charge is -2.46. The monoisotopic (exact) mass is 385 g/mol. The first-order valence-electron chi connectivity index (χ1n) is 8.57. The molecule has 0 N–H and O–H groups in total. The number of ether oxygens (including phenoxy) is 2. The lowest BCUT2D eigenvalue weighted by atomic mass is 9.81. The molecule has 2 aliphatic rings. The molecule has 0 bridgehead atoms. The third-order valence-electron chi connectivity index (χ3n) is 4.81. The number of hydrogen-bond donors (Lipinski definition) is 0. The van der Waals surface area contributed by atoms with Crippen LogP contribution in [0.1, 0.15) is 61.3 Å². The molecule has 3 rings (SSSR count).